The molecule has 1 unspecified atom stereocenters. The van der Waals surface area contributed by atoms with Crippen LogP contribution in [0.2, 0.25) is 0 Å². The second-order valence-corrected chi connectivity index (χ2v) is 6.70. The van der Waals surface area contributed by atoms with Crippen LogP contribution in [0.3, 0.4) is 0 Å². The Balaban J connectivity index is 2.99. The zero-order valence-electron chi connectivity index (χ0n) is 12.5. The molecule has 0 bridgehead atoms. The smallest absolute Gasteiger partial charge is 0.410 e. The third kappa shape index (κ3) is 3.25. The average molecular weight is 266 g/mol. The number of likely N-dealkylation sites (tertiary alicyclic amines) is 1. The van der Waals surface area contributed by atoms with Gasteiger partial charge in [-0.3, -0.25) is 4.79 Å². The number of amides is 1. The van der Waals surface area contributed by atoms with Crippen molar-refractivity contribution in [1.82, 2.24) is 4.90 Å². The number of hydrogen-bond acceptors (Lipinski definition) is 4. The number of nitrogens with zero attached hydrogens (tertiary/aromatic N) is 2. The predicted molar refractivity (Wildman–Crippen MR) is 70.3 cm³/mol. The average Bonchev–Trinajstić information content (AvgIpc) is 2.22. The highest BCUT2D eigenvalue weighted by Gasteiger charge is 2.47. The van der Waals surface area contributed by atoms with Crippen molar-refractivity contribution in [2.45, 2.75) is 53.2 Å². The van der Waals surface area contributed by atoms with E-state index in [0.717, 1.165) is 0 Å². The first kappa shape index (κ1) is 15.5. The molecule has 2 atom stereocenters. The molecule has 0 aliphatic carbocycles. The summed E-state index contributed by atoms with van der Waals surface area (Å²) in [4.78, 5) is 25.8. The molecule has 1 amide bonds. The molecule has 0 saturated carbocycles. The van der Waals surface area contributed by atoms with Crippen LogP contribution in [0.5, 0.6) is 0 Å². The van der Waals surface area contributed by atoms with E-state index < -0.39 is 29.1 Å². The van der Waals surface area contributed by atoms with E-state index in [-0.39, 0.29) is 12.3 Å². The van der Waals surface area contributed by atoms with Gasteiger partial charge in [-0.15, -0.1) is 0 Å². The number of carbonyl (C=O) groups is 2. The lowest BCUT2D eigenvalue weighted by molar-refractivity contribution is -0.137. The highest BCUT2D eigenvalue weighted by atomic mass is 16.6. The summed E-state index contributed by atoms with van der Waals surface area (Å²) in [5, 5.41) is 9.15. The molecule has 19 heavy (non-hydrogen) atoms. The maximum Gasteiger partial charge on any atom is 0.410 e. The normalized spacial score (nSPS) is 26.8. The molecular weight excluding hydrogens is 244 g/mol. The second-order valence-electron chi connectivity index (χ2n) is 6.70. The van der Waals surface area contributed by atoms with E-state index in [0.29, 0.717) is 0 Å². The van der Waals surface area contributed by atoms with Crippen LogP contribution < -0.4 is 0 Å². The molecule has 1 aliphatic heterocycles. The van der Waals surface area contributed by atoms with Gasteiger partial charge in [0.2, 0.25) is 0 Å². The zero-order chi connectivity index (χ0) is 15.0. The predicted octanol–water partition coefficient (Wildman–Crippen LogP) is 2.36. The van der Waals surface area contributed by atoms with Gasteiger partial charge in [-0.1, -0.05) is 13.8 Å². The molecule has 0 spiro atoms. The summed E-state index contributed by atoms with van der Waals surface area (Å²) in [5.74, 6) is -0.904. The first-order valence-corrected chi connectivity index (χ1v) is 6.43. The van der Waals surface area contributed by atoms with Crippen molar-refractivity contribution in [1.29, 1.82) is 5.26 Å². The first-order chi connectivity index (χ1) is 8.49. The molecule has 1 heterocycles. The summed E-state index contributed by atoms with van der Waals surface area (Å²) in [6.07, 6.45) is -0.471. The van der Waals surface area contributed by atoms with Crippen LogP contribution in [0.15, 0.2) is 0 Å². The van der Waals surface area contributed by atoms with E-state index in [1.54, 1.807) is 41.5 Å². The Bertz CT molecular complexity index is 429. The van der Waals surface area contributed by atoms with E-state index in [2.05, 4.69) is 0 Å². The van der Waals surface area contributed by atoms with Crippen LogP contribution in [0.1, 0.15) is 41.5 Å². The molecule has 106 valence electrons. The van der Waals surface area contributed by atoms with Gasteiger partial charge in [0, 0.05) is 12.0 Å². The van der Waals surface area contributed by atoms with Crippen LogP contribution in [-0.2, 0) is 9.53 Å². The van der Waals surface area contributed by atoms with Crippen LogP contribution in [0.25, 0.3) is 0 Å². The highest BCUT2D eigenvalue weighted by molar-refractivity contribution is 5.91. The van der Waals surface area contributed by atoms with Crippen molar-refractivity contribution < 1.29 is 14.3 Å². The molecule has 1 saturated heterocycles. The van der Waals surface area contributed by atoms with Crippen LogP contribution >= 0.6 is 0 Å². The van der Waals surface area contributed by atoms with Crippen molar-refractivity contribution >= 4 is 11.9 Å². The third-order valence-electron chi connectivity index (χ3n) is 3.26. The summed E-state index contributed by atoms with van der Waals surface area (Å²) in [6.45, 7) is 10.9. The molecule has 1 fully saturated rings. The Morgan fingerprint density at radius 3 is 2.42 bits per heavy atom. The van der Waals surface area contributed by atoms with Crippen LogP contribution in [0, 0.1) is 22.7 Å². The minimum absolute atomic E-state index is 0.109. The SMILES string of the molecule is C[C@H]1C(C#N)C(=O)C(C)(C)CN1C(=O)OC(C)(C)C. The summed E-state index contributed by atoms with van der Waals surface area (Å²) in [6, 6.07) is 1.55. The summed E-state index contributed by atoms with van der Waals surface area (Å²) in [7, 11) is 0. The number of ketones is 1. The number of Topliss-reactive ketones (excluding diaryl/α,β-unsaturated/α-hetero) is 1. The topological polar surface area (TPSA) is 70.4 Å². The van der Waals surface area contributed by atoms with Crippen LogP contribution in [-0.4, -0.2) is 35.0 Å². The zero-order valence-corrected chi connectivity index (χ0v) is 12.5. The van der Waals surface area contributed by atoms with Gasteiger partial charge in [0.1, 0.15) is 11.5 Å². The number of ether oxygens (including phenoxy) is 1. The van der Waals surface area contributed by atoms with E-state index in [1.165, 1.54) is 4.90 Å². The van der Waals surface area contributed by atoms with Gasteiger partial charge in [0.15, 0.2) is 5.78 Å². The second kappa shape index (κ2) is 4.84. The van der Waals surface area contributed by atoms with E-state index in [1.807, 2.05) is 6.07 Å². The molecular formula is C14H22N2O3. The minimum Gasteiger partial charge on any atom is -0.444 e. The monoisotopic (exact) mass is 266 g/mol. The van der Waals surface area contributed by atoms with E-state index >= 15 is 0 Å². The number of rotatable bonds is 0. The van der Waals surface area contributed by atoms with Crippen molar-refractivity contribution in [3.63, 3.8) is 0 Å². The molecule has 5 nitrogen and oxygen atoms in total. The van der Waals surface area contributed by atoms with E-state index in [9.17, 15) is 9.59 Å². The molecule has 5 heteroatoms. The molecule has 0 aromatic carbocycles. The van der Waals surface area contributed by atoms with Crippen molar-refractivity contribution in [2.24, 2.45) is 11.3 Å². The van der Waals surface area contributed by atoms with Gasteiger partial charge in [-0.25, -0.2) is 4.79 Å². The number of carbonyl (C=O) groups excluding carboxylic acids is 2. The fourth-order valence-electron chi connectivity index (χ4n) is 2.19. The third-order valence-corrected chi connectivity index (χ3v) is 3.26. The number of hydrogen-bond donors (Lipinski definition) is 0. The van der Waals surface area contributed by atoms with Crippen LogP contribution in [0.4, 0.5) is 4.79 Å². The molecule has 1 rings (SSSR count). The fraction of sp³-hybridized carbons (Fsp3) is 0.786. The Labute approximate surface area is 114 Å². The number of nitriles is 1. The Morgan fingerprint density at radius 2 is 2.00 bits per heavy atom. The van der Waals surface area contributed by atoms with Gasteiger partial charge in [-0.05, 0) is 27.7 Å². The van der Waals surface area contributed by atoms with E-state index in [4.69, 9.17) is 10.00 Å². The van der Waals surface area contributed by atoms with Gasteiger partial charge < -0.3 is 9.64 Å². The highest BCUT2D eigenvalue weighted by Crippen LogP contribution is 2.33. The Hall–Kier alpha value is -1.57. The largest absolute Gasteiger partial charge is 0.444 e. The molecule has 0 aromatic rings. The van der Waals surface area contributed by atoms with Crippen molar-refractivity contribution in [2.75, 3.05) is 6.54 Å². The maximum atomic E-state index is 12.2. The minimum atomic E-state index is -0.795. The molecule has 0 aromatic heterocycles. The molecule has 0 radical (unpaired) electrons. The lowest BCUT2D eigenvalue weighted by Crippen LogP contribution is -2.58. The first-order valence-electron chi connectivity index (χ1n) is 6.43. The lowest BCUT2D eigenvalue weighted by Gasteiger charge is -2.43. The standard InChI is InChI=1S/C14H22N2O3/c1-9-10(7-15)11(17)14(5,6)8-16(9)12(18)19-13(2,3)4/h9-10H,8H2,1-6H3/t9-,10?/m0/s1. The quantitative estimate of drug-likeness (QED) is 0.675. The van der Waals surface area contributed by atoms with Crippen molar-refractivity contribution in [3.8, 4) is 6.07 Å². The lowest BCUT2D eigenvalue weighted by atomic mass is 9.74. The number of piperidine rings is 1. The van der Waals surface area contributed by atoms with Gasteiger partial charge in [0.05, 0.1) is 12.1 Å². The summed E-state index contributed by atoms with van der Waals surface area (Å²) < 4.78 is 5.34. The Kier molecular flexibility index (Phi) is 3.94. The maximum absolute atomic E-state index is 12.2. The molecule has 0 N–H and O–H groups in total. The molecule has 1 aliphatic rings. The van der Waals surface area contributed by atoms with Gasteiger partial charge in [-0.2, -0.15) is 5.26 Å². The van der Waals surface area contributed by atoms with Gasteiger partial charge >= 0.3 is 6.09 Å². The summed E-state index contributed by atoms with van der Waals surface area (Å²) in [5.41, 5.74) is -1.31. The van der Waals surface area contributed by atoms with Gasteiger partial charge in [0.25, 0.3) is 0 Å². The van der Waals surface area contributed by atoms with Crippen molar-refractivity contribution in [3.05, 3.63) is 0 Å². The summed E-state index contributed by atoms with van der Waals surface area (Å²) >= 11 is 0. The Morgan fingerprint density at radius 1 is 1.47 bits per heavy atom. The fourth-order valence-corrected chi connectivity index (χ4v) is 2.19.